The summed E-state index contributed by atoms with van der Waals surface area (Å²) in [5.41, 5.74) is 2.93. The summed E-state index contributed by atoms with van der Waals surface area (Å²) in [7, 11) is 1.63. The number of carbonyl (C=O) groups is 1. The van der Waals surface area contributed by atoms with Crippen LogP contribution in [-0.2, 0) is 23.1 Å². The van der Waals surface area contributed by atoms with Crippen LogP contribution in [0.4, 0.5) is 11.4 Å². The van der Waals surface area contributed by atoms with Gasteiger partial charge in [0, 0.05) is 51.5 Å². The highest BCUT2D eigenvalue weighted by Gasteiger charge is 2.26. The van der Waals surface area contributed by atoms with Gasteiger partial charge in [-0.15, -0.1) is 0 Å². The number of amides is 1. The Kier molecular flexibility index (Phi) is 6.32. The molecular weight excluding hydrogens is 382 g/mol. The van der Waals surface area contributed by atoms with E-state index >= 15 is 0 Å². The molecule has 0 saturated carbocycles. The summed E-state index contributed by atoms with van der Waals surface area (Å²) in [6.07, 6.45) is 3.47. The Morgan fingerprint density at radius 2 is 1.90 bits per heavy atom. The number of benzene rings is 1. The molecule has 2 saturated heterocycles. The second-order valence-corrected chi connectivity index (χ2v) is 7.94. The summed E-state index contributed by atoms with van der Waals surface area (Å²) in [5.74, 6) is -0.0239. The Morgan fingerprint density at radius 1 is 1.13 bits per heavy atom. The summed E-state index contributed by atoms with van der Waals surface area (Å²) in [6.45, 7) is 5.33. The van der Waals surface area contributed by atoms with E-state index in [0.717, 1.165) is 56.9 Å². The molecular formula is C22H29N5O3. The number of piperidine rings is 1. The van der Waals surface area contributed by atoms with Crippen LogP contribution in [0.2, 0.25) is 0 Å². The third kappa shape index (κ3) is 4.81. The Balaban J connectivity index is 1.31. The van der Waals surface area contributed by atoms with Gasteiger partial charge in [-0.25, -0.2) is 4.68 Å². The van der Waals surface area contributed by atoms with Crippen molar-refractivity contribution in [1.29, 1.82) is 0 Å². The molecule has 8 nitrogen and oxygen atoms in total. The van der Waals surface area contributed by atoms with Crippen LogP contribution in [0.15, 0.2) is 41.3 Å². The van der Waals surface area contributed by atoms with Crippen molar-refractivity contribution in [3.8, 4) is 0 Å². The lowest BCUT2D eigenvalue weighted by molar-refractivity contribution is -0.125. The van der Waals surface area contributed by atoms with Crippen LogP contribution in [0.5, 0.6) is 0 Å². The van der Waals surface area contributed by atoms with E-state index in [9.17, 15) is 9.59 Å². The second-order valence-electron chi connectivity index (χ2n) is 7.94. The van der Waals surface area contributed by atoms with E-state index in [0.29, 0.717) is 13.1 Å². The van der Waals surface area contributed by atoms with Crippen LogP contribution in [0.25, 0.3) is 0 Å². The van der Waals surface area contributed by atoms with Gasteiger partial charge in [-0.2, -0.15) is 5.10 Å². The maximum absolute atomic E-state index is 12.7. The normalized spacial score (nSPS) is 19.6. The van der Waals surface area contributed by atoms with Crippen LogP contribution in [-0.4, -0.2) is 55.1 Å². The minimum Gasteiger partial charge on any atom is -0.378 e. The molecule has 1 amide bonds. The molecule has 160 valence electrons. The highest BCUT2D eigenvalue weighted by atomic mass is 16.5. The largest absolute Gasteiger partial charge is 0.378 e. The highest BCUT2D eigenvalue weighted by Crippen LogP contribution is 2.22. The van der Waals surface area contributed by atoms with Crippen LogP contribution in [0.3, 0.4) is 0 Å². The average Bonchev–Trinajstić information content (AvgIpc) is 2.80. The van der Waals surface area contributed by atoms with Crippen LogP contribution < -0.4 is 20.7 Å². The molecule has 0 unspecified atom stereocenters. The van der Waals surface area contributed by atoms with E-state index in [1.807, 2.05) is 0 Å². The van der Waals surface area contributed by atoms with Gasteiger partial charge >= 0.3 is 0 Å². The van der Waals surface area contributed by atoms with Gasteiger partial charge in [-0.3, -0.25) is 9.59 Å². The zero-order chi connectivity index (χ0) is 20.9. The summed E-state index contributed by atoms with van der Waals surface area (Å²) >= 11 is 0. The molecule has 3 heterocycles. The molecule has 1 aromatic carbocycles. The molecule has 0 aliphatic carbocycles. The lowest BCUT2D eigenvalue weighted by Crippen LogP contribution is -2.43. The van der Waals surface area contributed by atoms with Crippen LogP contribution >= 0.6 is 0 Å². The number of aromatic nitrogens is 2. The summed E-state index contributed by atoms with van der Waals surface area (Å²) in [6, 6.07) is 9.95. The molecule has 1 atom stereocenters. The summed E-state index contributed by atoms with van der Waals surface area (Å²) < 4.78 is 6.71. The third-order valence-electron chi connectivity index (χ3n) is 5.89. The number of nitrogens with one attached hydrogen (secondary N) is 1. The number of morpholine rings is 1. The van der Waals surface area contributed by atoms with Crippen LogP contribution in [0, 0.1) is 5.92 Å². The van der Waals surface area contributed by atoms with E-state index in [4.69, 9.17) is 4.74 Å². The first-order chi connectivity index (χ1) is 14.6. The van der Waals surface area contributed by atoms with Gasteiger partial charge in [0.1, 0.15) is 0 Å². The Morgan fingerprint density at radius 3 is 2.63 bits per heavy atom. The lowest BCUT2D eigenvalue weighted by atomic mass is 9.96. The molecule has 2 aliphatic heterocycles. The van der Waals surface area contributed by atoms with Gasteiger partial charge in [0.25, 0.3) is 5.56 Å². The zero-order valence-corrected chi connectivity index (χ0v) is 17.4. The predicted molar refractivity (Wildman–Crippen MR) is 116 cm³/mol. The molecule has 2 fully saturated rings. The van der Waals surface area contributed by atoms with E-state index < -0.39 is 0 Å². The number of carbonyl (C=O) groups excluding carboxylic acids is 1. The Hall–Kier alpha value is -2.87. The molecule has 30 heavy (non-hydrogen) atoms. The van der Waals surface area contributed by atoms with Gasteiger partial charge in [0.05, 0.1) is 31.0 Å². The minimum absolute atomic E-state index is 0.0637. The van der Waals surface area contributed by atoms with E-state index in [1.54, 1.807) is 19.3 Å². The summed E-state index contributed by atoms with van der Waals surface area (Å²) in [5, 5.41) is 7.17. The van der Waals surface area contributed by atoms with E-state index in [1.165, 1.54) is 10.4 Å². The topological polar surface area (TPSA) is 79.7 Å². The van der Waals surface area contributed by atoms with Crippen molar-refractivity contribution >= 4 is 17.3 Å². The molecule has 0 radical (unpaired) electrons. The number of nitrogens with zero attached hydrogens (tertiary/aromatic N) is 4. The number of aryl methyl sites for hydroxylation is 1. The van der Waals surface area contributed by atoms with Crippen molar-refractivity contribution in [2.75, 3.05) is 49.2 Å². The van der Waals surface area contributed by atoms with Crippen molar-refractivity contribution < 1.29 is 9.53 Å². The Bertz CT molecular complexity index is 921. The number of hydrogen-bond acceptors (Lipinski definition) is 6. The van der Waals surface area contributed by atoms with Gasteiger partial charge in [0.15, 0.2) is 0 Å². The van der Waals surface area contributed by atoms with Gasteiger partial charge in [-0.05, 0) is 30.5 Å². The van der Waals surface area contributed by atoms with Crippen molar-refractivity contribution in [2.45, 2.75) is 19.4 Å². The van der Waals surface area contributed by atoms with E-state index in [-0.39, 0.29) is 17.4 Å². The Labute approximate surface area is 176 Å². The second kappa shape index (κ2) is 9.30. The molecule has 2 aliphatic rings. The van der Waals surface area contributed by atoms with Crippen LogP contribution in [0.1, 0.15) is 18.4 Å². The van der Waals surface area contributed by atoms with E-state index in [2.05, 4.69) is 44.5 Å². The monoisotopic (exact) mass is 411 g/mol. The fraction of sp³-hybridized carbons (Fsp3) is 0.500. The predicted octanol–water partition coefficient (Wildman–Crippen LogP) is 1.15. The first kappa shape index (κ1) is 20.4. The molecule has 0 bridgehead atoms. The van der Waals surface area contributed by atoms with Crippen molar-refractivity contribution in [3.05, 3.63) is 52.4 Å². The van der Waals surface area contributed by atoms with Crippen molar-refractivity contribution in [3.63, 3.8) is 0 Å². The van der Waals surface area contributed by atoms with Crippen molar-refractivity contribution in [1.82, 2.24) is 15.1 Å². The smallest absolute Gasteiger partial charge is 0.268 e. The quantitative estimate of drug-likeness (QED) is 0.795. The molecule has 2 aromatic rings. The van der Waals surface area contributed by atoms with Gasteiger partial charge in [0.2, 0.25) is 5.91 Å². The first-order valence-electron chi connectivity index (χ1n) is 10.6. The standard InChI is InChI=1S/C22H29N5O3/c1-25-21(28)13-20(15-24-25)27-8-2-3-18(16-27)22(29)23-14-17-4-6-19(7-5-17)26-9-11-30-12-10-26/h4-7,13,15,18H,2-3,8-12,14,16H2,1H3,(H,23,29)/t18-/m0/s1. The lowest BCUT2D eigenvalue weighted by Gasteiger charge is -2.33. The molecule has 8 heteroatoms. The van der Waals surface area contributed by atoms with Gasteiger partial charge < -0.3 is 19.9 Å². The fourth-order valence-electron chi connectivity index (χ4n) is 4.04. The number of rotatable bonds is 5. The molecule has 0 spiro atoms. The minimum atomic E-state index is -0.139. The fourth-order valence-corrected chi connectivity index (χ4v) is 4.04. The maximum Gasteiger partial charge on any atom is 0.268 e. The molecule has 4 rings (SSSR count). The zero-order valence-electron chi connectivity index (χ0n) is 17.4. The highest BCUT2D eigenvalue weighted by molar-refractivity contribution is 5.79. The molecule has 1 N–H and O–H groups in total. The number of hydrogen-bond donors (Lipinski definition) is 1. The number of ether oxygens (including phenoxy) is 1. The first-order valence-corrected chi connectivity index (χ1v) is 10.6. The SMILES string of the molecule is Cn1ncc(N2CCC[C@H](C(=O)NCc3ccc(N4CCOCC4)cc3)C2)cc1=O. The third-order valence-corrected chi connectivity index (χ3v) is 5.89. The summed E-state index contributed by atoms with van der Waals surface area (Å²) in [4.78, 5) is 29.0. The van der Waals surface area contributed by atoms with Crippen molar-refractivity contribution in [2.24, 2.45) is 13.0 Å². The average molecular weight is 412 g/mol. The maximum atomic E-state index is 12.7. The molecule has 1 aromatic heterocycles. The number of anilines is 2. The van der Waals surface area contributed by atoms with Gasteiger partial charge in [-0.1, -0.05) is 12.1 Å².